The van der Waals surface area contributed by atoms with Crippen molar-refractivity contribution in [1.82, 2.24) is 24.8 Å². The average Bonchev–Trinajstić information content (AvgIpc) is 3.46. The van der Waals surface area contributed by atoms with Crippen LogP contribution in [0.15, 0.2) is 47.8 Å². The lowest BCUT2D eigenvalue weighted by Gasteiger charge is -2.31. The number of aromatic nitrogens is 5. The van der Waals surface area contributed by atoms with Gasteiger partial charge in [0.1, 0.15) is 5.82 Å². The second-order valence-corrected chi connectivity index (χ2v) is 8.50. The largest absolute Gasteiger partial charge is 0.453 e. The van der Waals surface area contributed by atoms with Crippen molar-refractivity contribution in [3.8, 4) is 11.3 Å². The van der Waals surface area contributed by atoms with E-state index in [-0.39, 0.29) is 17.5 Å². The molecular formula is C21H18F3N7OS. The SMILES string of the molecule is O=C(Nc1nc(-c2ccccc2)cs1)C1CCN(c2ccc3nnc(C(F)(F)F)n3n2)CC1. The molecule has 0 spiro atoms. The second-order valence-electron chi connectivity index (χ2n) is 7.64. The fraction of sp³-hybridized carbons (Fsp3) is 0.286. The van der Waals surface area contributed by atoms with Crippen molar-refractivity contribution in [1.29, 1.82) is 0 Å². The first-order valence-corrected chi connectivity index (χ1v) is 11.1. The van der Waals surface area contributed by atoms with Gasteiger partial charge in [0.15, 0.2) is 10.8 Å². The molecule has 0 saturated carbocycles. The smallest absolute Gasteiger partial charge is 0.355 e. The summed E-state index contributed by atoms with van der Waals surface area (Å²) in [5, 5.41) is 16.1. The number of benzene rings is 1. The summed E-state index contributed by atoms with van der Waals surface area (Å²) in [6.07, 6.45) is -3.54. The highest BCUT2D eigenvalue weighted by Gasteiger charge is 2.38. The van der Waals surface area contributed by atoms with Crippen molar-refractivity contribution in [2.75, 3.05) is 23.3 Å². The van der Waals surface area contributed by atoms with Crippen molar-refractivity contribution in [2.24, 2.45) is 5.92 Å². The highest BCUT2D eigenvalue weighted by atomic mass is 32.1. The number of halogens is 3. The van der Waals surface area contributed by atoms with Gasteiger partial charge in [-0.2, -0.15) is 17.7 Å². The zero-order valence-electron chi connectivity index (χ0n) is 17.2. The van der Waals surface area contributed by atoms with Gasteiger partial charge >= 0.3 is 6.18 Å². The van der Waals surface area contributed by atoms with Gasteiger partial charge in [-0.05, 0) is 25.0 Å². The van der Waals surface area contributed by atoms with Crippen LogP contribution in [0.4, 0.5) is 24.1 Å². The van der Waals surface area contributed by atoms with Crippen molar-refractivity contribution >= 4 is 33.8 Å². The molecule has 1 aliphatic rings. The van der Waals surface area contributed by atoms with Gasteiger partial charge in [0.2, 0.25) is 5.91 Å². The Labute approximate surface area is 190 Å². The summed E-state index contributed by atoms with van der Waals surface area (Å²) in [5.74, 6) is -1.09. The predicted octanol–water partition coefficient (Wildman–Crippen LogP) is 4.12. The number of fused-ring (bicyclic) bond motifs is 1. The third kappa shape index (κ3) is 4.38. The molecule has 1 N–H and O–H groups in total. The number of alkyl halides is 3. The molecule has 1 saturated heterocycles. The molecule has 1 aliphatic heterocycles. The summed E-state index contributed by atoms with van der Waals surface area (Å²) in [6.45, 7) is 0.987. The van der Waals surface area contributed by atoms with E-state index in [1.165, 1.54) is 17.4 Å². The number of carbonyl (C=O) groups excluding carboxylic acids is 1. The minimum Gasteiger partial charge on any atom is -0.355 e. The molecule has 1 aromatic carbocycles. The van der Waals surface area contributed by atoms with E-state index < -0.39 is 12.0 Å². The standard InChI is InChI=1S/C21H18F3N7OS/c22-21(23,24)19-28-27-16-6-7-17(29-31(16)19)30-10-8-14(9-11-30)18(32)26-20-25-15(12-33-20)13-4-2-1-3-5-13/h1-7,12,14H,8-11H2,(H,25,26,32). The predicted molar refractivity (Wildman–Crippen MR) is 117 cm³/mol. The van der Waals surface area contributed by atoms with E-state index in [2.05, 4.69) is 25.6 Å². The van der Waals surface area contributed by atoms with Crippen LogP contribution in [0, 0.1) is 5.92 Å². The van der Waals surface area contributed by atoms with Crippen LogP contribution in [0.3, 0.4) is 0 Å². The number of hydrogen-bond donors (Lipinski definition) is 1. The van der Waals surface area contributed by atoms with Gasteiger partial charge < -0.3 is 10.2 Å². The lowest BCUT2D eigenvalue weighted by Crippen LogP contribution is -2.38. The molecule has 0 bridgehead atoms. The van der Waals surface area contributed by atoms with E-state index in [0.717, 1.165) is 11.3 Å². The van der Waals surface area contributed by atoms with Crippen LogP contribution in [0.25, 0.3) is 16.9 Å². The molecule has 1 amide bonds. The van der Waals surface area contributed by atoms with Gasteiger partial charge in [-0.1, -0.05) is 30.3 Å². The zero-order valence-corrected chi connectivity index (χ0v) is 18.0. The Hall–Kier alpha value is -3.54. The minimum absolute atomic E-state index is 0.0265. The van der Waals surface area contributed by atoms with Crippen LogP contribution >= 0.6 is 11.3 Å². The Bertz CT molecular complexity index is 1280. The van der Waals surface area contributed by atoms with Gasteiger partial charge in [0.05, 0.1) is 5.69 Å². The number of amides is 1. The summed E-state index contributed by atoms with van der Waals surface area (Å²) in [7, 11) is 0. The molecule has 5 rings (SSSR count). The number of nitrogens with zero attached hydrogens (tertiary/aromatic N) is 6. The molecular weight excluding hydrogens is 455 g/mol. The fourth-order valence-electron chi connectivity index (χ4n) is 3.78. The number of piperidine rings is 1. The lowest BCUT2D eigenvalue weighted by molar-refractivity contribution is -0.146. The number of carbonyl (C=O) groups is 1. The molecule has 0 unspecified atom stereocenters. The highest BCUT2D eigenvalue weighted by Crippen LogP contribution is 2.29. The molecule has 0 radical (unpaired) electrons. The first-order valence-electron chi connectivity index (χ1n) is 10.2. The summed E-state index contributed by atoms with van der Waals surface area (Å²) in [4.78, 5) is 19.1. The van der Waals surface area contributed by atoms with Crippen LogP contribution in [0.5, 0.6) is 0 Å². The number of hydrogen-bond acceptors (Lipinski definition) is 7. The molecule has 3 aromatic heterocycles. The first-order chi connectivity index (χ1) is 15.9. The third-order valence-corrected chi connectivity index (χ3v) is 6.25. The van der Waals surface area contributed by atoms with Crippen LogP contribution in [-0.4, -0.2) is 43.8 Å². The van der Waals surface area contributed by atoms with Crippen molar-refractivity contribution in [3.05, 3.63) is 53.7 Å². The topological polar surface area (TPSA) is 88.3 Å². The van der Waals surface area contributed by atoms with Gasteiger partial charge in [0.25, 0.3) is 5.82 Å². The summed E-state index contributed by atoms with van der Waals surface area (Å²) in [6, 6.07) is 12.8. The Morgan fingerprint density at radius 3 is 2.55 bits per heavy atom. The summed E-state index contributed by atoms with van der Waals surface area (Å²) >= 11 is 1.37. The Morgan fingerprint density at radius 1 is 1.06 bits per heavy atom. The zero-order chi connectivity index (χ0) is 23.0. The quantitative estimate of drug-likeness (QED) is 0.480. The number of thiazole rings is 1. The van der Waals surface area contributed by atoms with Gasteiger partial charge in [0, 0.05) is 30.0 Å². The highest BCUT2D eigenvalue weighted by molar-refractivity contribution is 7.14. The summed E-state index contributed by atoms with van der Waals surface area (Å²) < 4.78 is 40.1. The Morgan fingerprint density at radius 2 is 1.82 bits per heavy atom. The van der Waals surface area contributed by atoms with Gasteiger partial charge in [-0.3, -0.25) is 4.79 Å². The van der Waals surface area contributed by atoms with E-state index in [1.54, 1.807) is 6.07 Å². The lowest BCUT2D eigenvalue weighted by atomic mass is 9.96. The molecule has 0 atom stereocenters. The van der Waals surface area contributed by atoms with Crippen molar-refractivity contribution < 1.29 is 18.0 Å². The van der Waals surface area contributed by atoms with Crippen LogP contribution in [0.1, 0.15) is 18.7 Å². The Balaban J connectivity index is 1.22. The third-order valence-electron chi connectivity index (χ3n) is 5.50. The average molecular weight is 473 g/mol. The molecule has 0 aliphatic carbocycles. The molecule has 1 fully saturated rings. The van der Waals surface area contributed by atoms with Crippen LogP contribution in [0.2, 0.25) is 0 Å². The molecule has 4 heterocycles. The van der Waals surface area contributed by atoms with E-state index in [4.69, 9.17) is 0 Å². The first kappa shape index (κ1) is 21.3. The maximum atomic E-state index is 13.1. The van der Waals surface area contributed by atoms with Crippen LogP contribution < -0.4 is 10.2 Å². The summed E-state index contributed by atoms with van der Waals surface area (Å²) in [5.41, 5.74) is 1.81. The minimum atomic E-state index is -4.65. The number of anilines is 2. The van der Waals surface area contributed by atoms with E-state index in [9.17, 15) is 18.0 Å². The van der Waals surface area contributed by atoms with Crippen molar-refractivity contribution in [2.45, 2.75) is 19.0 Å². The maximum absolute atomic E-state index is 13.1. The van der Waals surface area contributed by atoms with Gasteiger partial charge in [-0.15, -0.1) is 26.6 Å². The maximum Gasteiger partial charge on any atom is 0.453 e. The monoisotopic (exact) mass is 473 g/mol. The van der Waals surface area contributed by atoms with E-state index >= 15 is 0 Å². The molecule has 12 heteroatoms. The number of nitrogens with one attached hydrogen (secondary N) is 1. The van der Waals surface area contributed by atoms with Crippen LogP contribution in [-0.2, 0) is 11.0 Å². The molecule has 33 heavy (non-hydrogen) atoms. The molecule has 4 aromatic rings. The molecule has 170 valence electrons. The normalized spacial score (nSPS) is 15.2. The second kappa shape index (κ2) is 8.43. The van der Waals surface area contributed by atoms with E-state index in [1.807, 2.05) is 40.6 Å². The van der Waals surface area contributed by atoms with Crippen molar-refractivity contribution in [3.63, 3.8) is 0 Å². The van der Waals surface area contributed by atoms with Gasteiger partial charge in [-0.25, -0.2) is 4.98 Å². The fourth-order valence-corrected chi connectivity index (χ4v) is 4.50. The number of rotatable bonds is 4. The Kier molecular flexibility index (Phi) is 5.44. The molecule has 8 nitrogen and oxygen atoms in total. The van der Waals surface area contributed by atoms with E-state index in [0.29, 0.717) is 41.4 Å².